The van der Waals surface area contributed by atoms with Gasteiger partial charge in [0.05, 0.1) is 14.2 Å². The summed E-state index contributed by atoms with van der Waals surface area (Å²) < 4.78 is 11.4. The van der Waals surface area contributed by atoms with Gasteiger partial charge in [0, 0.05) is 21.3 Å². The van der Waals surface area contributed by atoms with E-state index in [1.54, 1.807) is 14.2 Å². The van der Waals surface area contributed by atoms with E-state index in [2.05, 4.69) is 22.9 Å². The smallest absolute Gasteiger partial charge is 0.123 e. The van der Waals surface area contributed by atoms with E-state index in [0.29, 0.717) is 0 Å². The minimum atomic E-state index is 0.823. The van der Waals surface area contributed by atoms with E-state index in [0.717, 1.165) is 38.3 Å². The molecule has 0 heterocycles. The maximum Gasteiger partial charge on any atom is 0.123 e. The van der Waals surface area contributed by atoms with Crippen LogP contribution < -0.4 is 15.2 Å². The molecule has 4 heteroatoms. The van der Waals surface area contributed by atoms with E-state index >= 15 is 0 Å². The first kappa shape index (κ1) is 18.4. The van der Waals surface area contributed by atoms with E-state index in [1.807, 2.05) is 45.0 Å². The number of ether oxygens (including phenoxy) is 2. The van der Waals surface area contributed by atoms with Gasteiger partial charge in [0.25, 0.3) is 0 Å². The molecular weight excluding hydrogens is 342 g/mol. The highest BCUT2D eigenvalue weighted by Gasteiger charge is 2.04. The van der Waals surface area contributed by atoms with Crippen molar-refractivity contribution in [3.63, 3.8) is 0 Å². The third-order valence-electron chi connectivity index (χ3n) is 3.65. The fourth-order valence-corrected chi connectivity index (χ4v) is 2.42. The summed E-state index contributed by atoms with van der Waals surface area (Å²) in [5.74, 6) is 1.79. The molecule has 2 aromatic carbocycles. The zero-order valence-electron chi connectivity index (χ0n) is 14.1. The molecule has 0 saturated carbocycles. The van der Waals surface area contributed by atoms with Crippen molar-refractivity contribution in [1.29, 1.82) is 0 Å². The van der Waals surface area contributed by atoms with Gasteiger partial charge in [-0.1, -0.05) is 28.1 Å². The molecule has 0 aliphatic carbocycles. The number of nitrogen functional groups attached to an aromatic ring is 1. The van der Waals surface area contributed by atoms with E-state index in [-0.39, 0.29) is 0 Å². The van der Waals surface area contributed by atoms with Gasteiger partial charge in [0.15, 0.2) is 0 Å². The Morgan fingerprint density at radius 2 is 1.23 bits per heavy atom. The normalized spacial score (nSPS) is 9.77. The van der Waals surface area contributed by atoms with Crippen LogP contribution in [0.5, 0.6) is 11.5 Å². The highest BCUT2D eigenvalue weighted by atomic mass is 79.9. The zero-order valence-corrected chi connectivity index (χ0v) is 15.7. The van der Waals surface area contributed by atoms with Crippen molar-refractivity contribution >= 4 is 21.6 Å². The van der Waals surface area contributed by atoms with Crippen LogP contribution in [0.1, 0.15) is 22.3 Å². The lowest BCUT2D eigenvalue weighted by molar-refractivity contribution is 0.411. The van der Waals surface area contributed by atoms with Crippen LogP contribution >= 0.6 is 15.9 Å². The summed E-state index contributed by atoms with van der Waals surface area (Å²) in [6, 6.07) is 7.91. The van der Waals surface area contributed by atoms with Gasteiger partial charge in [-0.3, -0.25) is 0 Å². The standard InChI is InChI=1S/C9H11BrO.C9H13NO/c2*1-6-4-5-8(11-3)7(2)9(6)10/h4-5H,1-3H3;4-5H,10H2,1-3H3. The number of rotatable bonds is 2. The molecule has 0 fully saturated rings. The third kappa shape index (κ3) is 4.17. The van der Waals surface area contributed by atoms with Crippen molar-refractivity contribution in [2.45, 2.75) is 27.7 Å². The lowest BCUT2D eigenvalue weighted by Crippen LogP contribution is -1.96. The number of benzene rings is 2. The summed E-state index contributed by atoms with van der Waals surface area (Å²) in [7, 11) is 3.33. The summed E-state index contributed by atoms with van der Waals surface area (Å²) in [6.07, 6.45) is 0. The average Bonchev–Trinajstić information content (AvgIpc) is 2.51. The molecule has 0 atom stereocenters. The second kappa shape index (κ2) is 8.08. The number of hydrogen-bond donors (Lipinski definition) is 1. The van der Waals surface area contributed by atoms with E-state index < -0.39 is 0 Å². The summed E-state index contributed by atoms with van der Waals surface area (Å²) in [4.78, 5) is 0. The Morgan fingerprint density at radius 1 is 0.773 bits per heavy atom. The Balaban J connectivity index is 0.000000220. The predicted octanol–water partition coefficient (Wildman–Crippen LogP) is 4.97. The van der Waals surface area contributed by atoms with Gasteiger partial charge in [0.1, 0.15) is 11.5 Å². The van der Waals surface area contributed by atoms with Gasteiger partial charge in [-0.05, 0) is 51.0 Å². The van der Waals surface area contributed by atoms with Gasteiger partial charge in [-0.15, -0.1) is 0 Å². The maximum atomic E-state index is 5.78. The second-order valence-electron chi connectivity index (χ2n) is 5.15. The molecule has 22 heavy (non-hydrogen) atoms. The van der Waals surface area contributed by atoms with Gasteiger partial charge in [0.2, 0.25) is 0 Å². The van der Waals surface area contributed by atoms with Crippen molar-refractivity contribution in [3.05, 3.63) is 51.0 Å². The lowest BCUT2D eigenvalue weighted by atomic mass is 10.1. The summed E-state index contributed by atoms with van der Waals surface area (Å²) >= 11 is 3.49. The fraction of sp³-hybridized carbons (Fsp3) is 0.333. The van der Waals surface area contributed by atoms with E-state index in [1.165, 1.54) is 5.56 Å². The third-order valence-corrected chi connectivity index (χ3v) is 4.87. The van der Waals surface area contributed by atoms with Gasteiger partial charge >= 0.3 is 0 Å². The zero-order chi connectivity index (χ0) is 16.9. The number of nitrogens with two attached hydrogens (primary N) is 1. The number of methoxy groups -OCH3 is 2. The molecule has 0 amide bonds. The van der Waals surface area contributed by atoms with Crippen molar-refractivity contribution in [2.24, 2.45) is 0 Å². The van der Waals surface area contributed by atoms with Crippen LogP contribution in [-0.2, 0) is 0 Å². The monoisotopic (exact) mass is 365 g/mol. The molecule has 2 N–H and O–H groups in total. The fourth-order valence-electron chi connectivity index (χ4n) is 2.09. The Kier molecular flexibility index (Phi) is 6.75. The van der Waals surface area contributed by atoms with Crippen molar-refractivity contribution in [2.75, 3.05) is 20.0 Å². The summed E-state index contributed by atoms with van der Waals surface area (Å²) in [5.41, 5.74) is 11.1. The lowest BCUT2D eigenvalue weighted by Gasteiger charge is -2.08. The van der Waals surface area contributed by atoms with E-state index in [4.69, 9.17) is 15.2 Å². The van der Waals surface area contributed by atoms with Crippen molar-refractivity contribution in [1.82, 2.24) is 0 Å². The van der Waals surface area contributed by atoms with Crippen molar-refractivity contribution < 1.29 is 9.47 Å². The average molecular weight is 366 g/mol. The number of halogens is 1. The van der Waals surface area contributed by atoms with Crippen LogP contribution in [0.3, 0.4) is 0 Å². The maximum absolute atomic E-state index is 5.78. The van der Waals surface area contributed by atoms with Crippen LogP contribution in [0.2, 0.25) is 0 Å². The Morgan fingerprint density at radius 3 is 1.73 bits per heavy atom. The van der Waals surface area contributed by atoms with Gasteiger partial charge < -0.3 is 15.2 Å². The quantitative estimate of drug-likeness (QED) is 0.764. The Labute approximate surface area is 141 Å². The Hall–Kier alpha value is -1.68. The van der Waals surface area contributed by atoms with E-state index in [9.17, 15) is 0 Å². The highest BCUT2D eigenvalue weighted by molar-refractivity contribution is 9.10. The number of anilines is 1. The minimum Gasteiger partial charge on any atom is -0.496 e. The molecule has 2 aromatic rings. The van der Waals surface area contributed by atoms with Crippen LogP contribution in [0.25, 0.3) is 0 Å². The first-order valence-electron chi connectivity index (χ1n) is 7.02. The summed E-state index contributed by atoms with van der Waals surface area (Å²) in [6.45, 7) is 8.05. The second-order valence-corrected chi connectivity index (χ2v) is 5.94. The molecule has 0 aromatic heterocycles. The molecule has 2 rings (SSSR count). The minimum absolute atomic E-state index is 0.823. The predicted molar refractivity (Wildman–Crippen MR) is 97.0 cm³/mol. The largest absolute Gasteiger partial charge is 0.496 e. The molecule has 120 valence electrons. The van der Waals surface area contributed by atoms with Crippen LogP contribution in [0.15, 0.2) is 28.7 Å². The van der Waals surface area contributed by atoms with Crippen LogP contribution in [0, 0.1) is 27.7 Å². The van der Waals surface area contributed by atoms with Crippen LogP contribution in [-0.4, -0.2) is 14.2 Å². The topological polar surface area (TPSA) is 44.5 Å². The molecule has 3 nitrogen and oxygen atoms in total. The molecule has 0 aliphatic heterocycles. The Bertz CT molecular complexity index is 597. The SMILES string of the molecule is COc1ccc(C)c(Br)c1C.COc1ccc(C)c(N)c1C. The van der Waals surface area contributed by atoms with Gasteiger partial charge in [-0.25, -0.2) is 0 Å². The highest BCUT2D eigenvalue weighted by Crippen LogP contribution is 2.28. The number of aryl methyl sites for hydroxylation is 2. The molecule has 0 unspecified atom stereocenters. The van der Waals surface area contributed by atoms with Crippen molar-refractivity contribution in [3.8, 4) is 11.5 Å². The molecule has 0 radical (unpaired) electrons. The van der Waals surface area contributed by atoms with Crippen LogP contribution in [0.4, 0.5) is 5.69 Å². The molecule has 0 aliphatic rings. The molecular formula is C18H24BrNO2. The van der Waals surface area contributed by atoms with Gasteiger partial charge in [-0.2, -0.15) is 0 Å². The first-order chi connectivity index (χ1) is 10.3. The molecule has 0 saturated heterocycles. The molecule has 0 bridgehead atoms. The summed E-state index contributed by atoms with van der Waals surface area (Å²) in [5, 5.41) is 0. The molecule has 0 spiro atoms. The first-order valence-corrected chi connectivity index (χ1v) is 7.82. The number of hydrogen-bond acceptors (Lipinski definition) is 3.